The average molecular weight is 353 g/mol. The van der Waals surface area contributed by atoms with E-state index in [1.807, 2.05) is 0 Å². The van der Waals surface area contributed by atoms with E-state index in [2.05, 4.69) is 19.7 Å². The molecule has 4 unspecified atom stereocenters. The van der Waals surface area contributed by atoms with Gasteiger partial charge in [-0.3, -0.25) is 4.74 Å². The molecule has 0 saturated heterocycles. The number of fused-ring (bicyclic) bond motifs is 1. The highest BCUT2D eigenvalue weighted by molar-refractivity contribution is 6.33. The molecule has 1 saturated carbocycles. The molecule has 126 valence electrons. The Balaban J connectivity index is 1.98. The summed E-state index contributed by atoms with van der Waals surface area (Å²) in [6, 6.07) is -0.909. The molecule has 11 heteroatoms. The van der Waals surface area contributed by atoms with E-state index >= 15 is 0 Å². The smallest absolute Gasteiger partial charge is 0.388 e. The molecule has 2 aromatic heterocycles. The van der Waals surface area contributed by atoms with Crippen molar-refractivity contribution in [1.29, 1.82) is 0 Å². The molecule has 0 radical (unpaired) electrons. The van der Waals surface area contributed by atoms with E-state index in [0.717, 1.165) is 6.92 Å². The van der Waals surface area contributed by atoms with Crippen molar-refractivity contribution in [2.45, 2.75) is 43.6 Å². The number of hydrogen-bond acceptors (Lipinski definition) is 6. The van der Waals surface area contributed by atoms with Gasteiger partial charge in [0.1, 0.15) is 23.5 Å². The van der Waals surface area contributed by atoms with Crippen molar-refractivity contribution in [3.63, 3.8) is 0 Å². The summed E-state index contributed by atoms with van der Waals surface area (Å²) in [6.45, 7) is 1.09. The van der Waals surface area contributed by atoms with Gasteiger partial charge in [0.05, 0.1) is 18.5 Å². The summed E-state index contributed by atoms with van der Waals surface area (Å²) in [5, 5.41) is 20.6. The van der Waals surface area contributed by atoms with Crippen molar-refractivity contribution in [2.24, 2.45) is 0 Å². The highest BCUT2D eigenvalue weighted by Crippen LogP contribution is 2.43. The number of ether oxygens (including phenoxy) is 1. The van der Waals surface area contributed by atoms with Crippen LogP contribution in [-0.2, 0) is 4.74 Å². The molecule has 2 aromatic rings. The minimum absolute atomic E-state index is 0.0797. The second kappa shape index (κ2) is 5.26. The van der Waals surface area contributed by atoms with Crippen LogP contribution in [0.5, 0.6) is 0 Å². The molecule has 1 fully saturated rings. The van der Waals surface area contributed by atoms with E-state index in [1.165, 1.54) is 17.2 Å². The van der Waals surface area contributed by atoms with Gasteiger partial charge >= 0.3 is 6.36 Å². The van der Waals surface area contributed by atoms with Gasteiger partial charge in [0.25, 0.3) is 0 Å². The number of aliphatic hydroxyl groups is 2. The van der Waals surface area contributed by atoms with Crippen LogP contribution in [-0.4, -0.2) is 53.9 Å². The maximum atomic E-state index is 12.5. The highest BCUT2D eigenvalue weighted by atomic mass is 35.5. The average Bonchev–Trinajstić information content (AvgIpc) is 2.94. The predicted octanol–water partition coefficient (Wildman–Crippen LogP) is 1.44. The molecule has 2 heterocycles. The normalized spacial score (nSPS) is 31.9. The van der Waals surface area contributed by atoms with E-state index < -0.39 is 30.2 Å². The predicted molar refractivity (Wildman–Crippen MR) is 71.5 cm³/mol. The molecule has 0 bridgehead atoms. The Morgan fingerprint density at radius 1 is 1.39 bits per heavy atom. The summed E-state index contributed by atoms with van der Waals surface area (Å²) >= 11 is 5.87. The van der Waals surface area contributed by atoms with Gasteiger partial charge in [-0.15, -0.1) is 13.2 Å². The van der Waals surface area contributed by atoms with Crippen molar-refractivity contribution in [3.05, 3.63) is 17.8 Å². The van der Waals surface area contributed by atoms with E-state index in [1.54, 1.807) is 0 Å². The Morgan fingerprint density at radius 2 is 2.09 bits per heavy atom. The van der Waals surface area contributed by atoms with Gasteiger partial charge in [-0.25, -0.2) is 15.0 Å². The third-order valence-electron chi connectivity index (χ3n) is 4.02. The van der Waals surface area contributed by atoms with Crippen LogP contribution in [0.15, 0.2) is 12.7 Å². The molecule has 2 N–H and O–H groups in total. The lowest BCUT2D eigenvalue weighted by atomic mass is 10.00. The van der Waals surface area contributed by atoms with Gasteiger partial charge < -0.3 is 14.8 Å². The van der Waals surface area contributed by atoms with Gasteiger partial charge in [-0.1, -0.05) is 11.6 Å². The summed E-state index contributed by atoms with van der Waals surface area (Å²) in [4.78, 5) is 11.7. The number of nitrogens with zero attached hydrogens (tertiary/aromatic N) is 4. The molecule has 0 aromatic carbocycles. The van der Waals surface area contributed by atoms with E-state index in [0.29, 0.717) is 0 Å². The van der Waals surface area contributed by atoms with Crippen LogP contribution in [0.4, 0.5) is 13.2 Å². The topological polar surface area (TPSA) is 93.3 Å². The maximum absolute atomic E-state index is 12.5. The van der Waals surface area contributed by atoms with Crippen molar-refractivity contribution in [2.75, 3.05) is 0 Å². The Morgan fingerprint density at radius 3 is 2.74 bits per heavy atom. The molecule has 1 aliphatic rings. The maximum Gasteiger partial charge on any atom is 0.522 e. The zero-order valence-corrected chi connectivity index (χ0v) is 12.5. The first-order chi connectivity index (χ1) is 10.6. The lowest BCUT2D eigenvalue weighted by Gasteiger charge is -2.29. The lowest BCUT2D eigenvalue weighted by Crippen LogP contribution is -2.47. The number of halogens is 4. The van der Waals surface area contributed by atoms with Gasteiger partial charge in [-0.2, -0.15) is 0 Å². The minimum atomic E-state index is -4.92. The molecule has 0 amide bonds. The van der Waals surface area contributed by atoms with Gasteiger partial charge in [0, 0.05) is 6.42 Å². The molecule has 7 nitrogen and oxygen atoms in total. The van der Waals surface area contributed by atoms with Crippen molar-refractivity contribution in [3.8, 4) is 0 Å². The number of imidazole rings is 1. The largest absolute Gasteiger partial charge is 0.522 e. The summed E-state index contributed by atoms with van der Waals surface area (Å²) in [5.41, 5.74) is -1.59. The molecule has 3 rings (SSSR count). The Labute approximate surface area is 132 Å². The summed E-state index contributed by atoms with van der Waals surface area (Å²) in [7, 11) is 0. The zero-order valence-electron chi connectivity index (χ0n) is 11.7. The molecule has 23 heavy (non-hydrogen) atoms. The number of hydrogen-bond donors (Lipinski definition) is 2. The molecular formula is C12H12ClF3N4O3. The molecule has 4 atom stereocenters. The van der Waals surface area contributed by atoms with Crippen LogP contribution in [0.3, 0.4) is 0 Å². The van der Waals surface area contributed by atoms with Gasteiger partial charge in [0.15, 0.2) is 10.8 Å². The zero-order chi connectivity index (χ0) is 17.0. The van der Waals surface area contributed by atoms with Crippen LogP contribution in [0.25, 0.3) is 11.2 Å². The van der Waals surface area contributed by atoms with Crippen LogP contribution >= 0.6 is 11.6 Å². The third-order valence-corrected chi connectivity index (χ3v) is 4.29. The van der Waals surface area contributed by atoms with Crippen LogP contribution in [0.2, 0.25) is 5.15 Å². The van der Waals surface area contributed by atoms with E-state index in [-0.39, 0.29) is 22.7 Å². The first kappa shape index (κ1) is 16.4. The van der Waals surface area contributed by atoms with Gasteiger partial charge in [-0.05, 0) is 6.92 Å². The first-order valence-corrected chi connectivity index (χ1v) is 6.97. The van der Waals surface area contributed by atoms with E-state index in [9.17, 15) is 23.4 Å². The summed E-state index contributed by atoms with van der Waals surface area (Å²) in [6.07, 6.45) is -5.89. The van der Waals surface area contributed by atoms with Gasteiger partial charge in [0.2, 0.25) is 0 Å². The SMILES string of the molecule is CC1(O)C(OC(F)(F)F)CC(n2cnc3c(Cl)ncnc32)C1O. The number of rotatable bonds is 2. The summed E-state index contributed by atoms with van der Waals surface area (Å²) in [5.74, 6) is 0. The number of aromatic nitrogens is 4. The standard InChI is InChI=1S/C12H12ClF3N4O3/c1-11(22)6(23-12(14,15)16)2-5(8(11)21)20-4-19-7-9(13)17-3-18-10(7)20/h3-6,8,21-22H,2H2,1H3. The Hall–Kier alpha value is -1.49. The minimum Gasteiger partial charge on any atom is -0.388 e. The fourth-order valence-electron chi connectivity index (χ4n) is 2.83. The molecule has 1 aliphatic carbocycles. The fraction of sp³-hybridized carbons (Fsp3) is 0.583. The van der Waals surface area contributed by atoms with Crippen LogP contribution in [0.1, 0.15) is 19.4 Å². The van der Waals surface area contributed by atoms with Crippen LogP contribution in [0, 0.1) is 0 Å². The molecule has 0 spiro atoms. The Kier molecular flexibility index (Phi) is 3.75. The number of aliphatic hydroxyl groups excluding tert-OH is 1. The third kappa shape index (κ3) is 2.75. The van der Waals surface area contributed by atoms with Crippen molar-refractivity contribution < 1.29 is 28.1 Å². The summed E-state index contributed by atoms with van der Waals surface area (Å²) < 4.78 is 42.8. The van der Waals surface area contributed by atoms with Crippen molar-refractivity contribution in [1.82, 2.24) is 19.5 Å². The highest BCUT2D eigenvalue weighted by Gasteiger charge is 2.55. The fourth-order valence-corrected chi connectivity index (χ4v) is 3.00. The lowest BCUT2D eigenvalue weighted by molar-refractivity contribution is -0.358. The first-order valence-electron chi connectivity index (χ1n) is 6.59. The van der Waals surface area contributed by atoms with E-state index in [4.69, 9.17) is 11.6 Å². The second-order valence-corrected chi connectivity index (χ2v) is 5.87. The number of alkyl halides is 3. The molecule has 0 aliphatic heterocycles. The second-order valence-electron chi connectivity index (χ2n) is 5.51. The van der Waals surface area contributed by atoms with Crippen LogP contribution < -0.4 is 0 Å². The molecular weight excluding hydrogens is 341 g/mol. The van der Waals surface area contributed by atoms with Crippen molar-refractivity contribution >= 4 is 22.8 Å². The monoisotopic (exact) mass is 352 g/mol. The quantitative estimate of drug-likeness (QED) is 0.794. The Bertz CT molecular complexity index is 736.